The number of ketones is 1. The first-order valence-electron chi connectivity index (χ1n) is 6.25. The molecule has 0 amide bonds. The summed E-state index contributed by atoms with van der Waals surface area (Å²) in [5, 5.41) is 9.36. The SMILES string of the molecule is CCOC(=O)/C(O)=C/C(=O)c1ccc(F)cc1OCC(F)(F)F. The molecular weight excluding hydrogens is 324 g/mol. The lowest BCUT2D eigenvalue weighted by Gasteiger charge is -2.12. The molecule has 0 spiro atoms. The molecule has 0 aliphatic carbocycles. The Hall–Kier alpha value is -2.58. The van der Waals surface area contributed by atoms with E-state index < -0.39 is 47.4 Å². The monoisotopic (exact) mass is 336 g/mol. The molecule has 1 rings (SSSR count). The first-order valence-corrected chi connectivity index (χ1v) is 6.25. The molecular formula is C14H12F4O5. The Morgan fingerprint density at radius 1 is 1.30 bits per heavy atom. The minimum atomic E-state index is -4.68. The molecule has 0 saturated carbocycles. The molecule has 0 heterocycles. The van der Waals surface area contributed by atoms with Gasteiger partial charge < -0.3 is 14.6 Å². The van der Waals surface area contributed by atoms with Crippen molar-refractivity contribution in [3.63, 3.8) is 0 Å². The van der Waals surface area contributed by atoms with Crippen LogP contribution >= 0.6 is 0 Å². The van der Waals surface area contributed by atoms with E-state index in [9.17, 15) is 32.3 Å². The van der Waals surface area contributed by atoms with Gasteiger partial charge in [-0.2, -0.15) is 13.2 Å². The Labute approximate surface area is 128 Å². The highest BCUT2D eigenvalue weighted by molar-refractivity contribution is 6.09. The Balaban J connectivity index is 3.04. The average Bonchev–Trinajstić information content (AvgIpc) is 2.44. The quantitative estimate of drug-likeness (QED) is 0.284. The number of carbonyl (C=O) groups is 2. The van der Waals surface area contributed by atoms with E-state index in [1.54, 1.807) is 0 Å². The van der Waals surface area contributed by atoms with Crippen LogP contribution in [-0.2, 0) is 9.53 Å². The second-order valence-corrected chi connectivity index (χ2v) is 4.16. The van der Waals surface area contributed by atoms with E-state index in [-0.39, 0.29) is 6.61 Å². The van der Waals surface area contributed by atoms with Gasteiger partial charge in [0, 0.05) is 12.1 Å². The third-order valence-corrected chi connectivity index (χ3v) is 2.35. The predicted molar refractivity (Wildman–Crippen MR) is 69.6 cm³/mol. The lowest BCUT2D eigenvalue weighted by Crippen LogP contribution is -2.20. The number of ether oxygens (including phenoxy) is 2. The van der Waals surface area contributed by atoms with Gasteiger partial charge in [0.25, 0.3) is 0 Å². The smallest absolute Gasteiger partial charge is 0.422 e. The third-order valence-electron chi connectivity index (χ3n) is 2.35. The molecule has 1 N–H and O–H groups in total. The van der Waals surface area contributed by atoms with Crippen molar-refractivity contribution in [1.82, 2.24) is 0 Å². The molecule has 0 aliphatic heterocycles. The van der Waals surface area contributed by atoms with Gasteiger partial charge in [0.2, 0.25) is 5.76 Å². The van der Waals surface area contributed by atoms with E-state index in [1.165, 1.54) is 6.92 Å². The summed E-state index contributed by atoms with van der Waals surface area (Å²) in [5.74, 6) is -4.85. The number of carbonyl (C=O) groups excluding carboxylic acids is 2. The zero-order valence-corrected chi connectivity index (χ0v) is 11.8. The fourth-order valence-electron chi connectivity index (χ4n) is 1.44. The molecule has 1 aromatic carbocycles. The summed E-state index contributed by atoms with van der Waals surface area (Å²) in [6.45, 7) is -0.318. The molecule has 0 atom stereocenters. The second-order valence-electron chi connectivity index (χ2n) is 4.16. The predicted octanol–water partition coefficient (Wildman–Crippen LogP) is 2.95. The van der Waals surface area contributed by atoms with Crippen molar-refractivity contribution in [1.29, 1.82) is 0 Å². The maximum atomic E-state index is 13.1. The van der Waals surface area contributed by atoms with Crippen LogP contribution in [0.3, 0.4) is 0 Å². The Bertz CT molecular complexity index is 622. The number of halogens is 4. The Morgan fingerprint density at radius 2 is 1.96 bits per heavy atom. The van der Waals surface area contributed by atoms with Gasteiger partial charge in [0.1, 0.15) is 11.6 Å². The maximum Gasteiger partial charge on any atom is 0.422 e. The molecule has 0 aliphatic rings. The standard InChI is InChI=1S/C14H12F4O5/c1-2-22-13(21)11(20)6-10(19)9-4-3-8(15)5-12(9)23-7-14(16,17)18/h3-6,20H,2,7H2,1H3/b11-6-. The van der Waals surface area contributed by atoms with Crippen LogP contribution in [0.1, 0.15) is 17.3 Å². The first kappa shape index (κ1) is 18.5. The Kier molecular flexibility index (Phi) is 6.11. The highest BCUT2D eigenvalue weighted by atomic mass is 19.4. The number of alkyl halides is 3. The molecule has 1 aromatic rings. The molecule has 5 nitrogen and oxygen atoms in total. The molecule has 0 bridgehead atoms. The summed E-state index contributed by atoms with van der Waals surface area (Å²) in [7, 11) is 0. The third kappa shape index (κ3) is 5.97. The zero-order valence-electron chi connectivity index (χ0n) is 11.8. The lowest BCUT2D eigenvalue weighted by atomic mass is 10.1. The summed E-state index contributed by atoms with van der Waals surface area (Å²) in [6.07, 6.45) is -4.23. The van der Waals surface area contributed by atoms with E-state index in [0.717, 1.165) is 12.1 Å². The van der Waals surface area contributed by atoms with Gasteiger partial charge in [0.05, 0.1) is 12.2 Å². The number of aliphatic hydroxyl groups excluding tert-OH is 1. The lowest BCUT2D eigenvalue weighted by molar-refractivity contribution is -0.153. The van der Waals surface area contributed by atoms with Gasteiger partial charge in [-0.15, -0.1) is 0 Å². The molecule has 0 fully saturated rings. The number of benzene rings is 1. The molecule has 126 valence electrons. The number of esters is 1. The van der Waals surface area contributed by atoms with Gasteiger partial charge in [-0.05, 0) is 19.1 Å². The highest BCUT2D eigenvalue weighted by Gasteiger charge is 2.29. The molecule has 23 heavy (non-hydrogen) atoms. The van der Waals surface area contributed by atoms with Crippen LogP contribution in [0.25, 0.3) is 0 Å². The number of hydrogen-bond donors (Lipinski definition) is 1. The largest absolute Gasteiger partial charge is 0.502 e. The maximum absolute atomic E-state index is 13.1. The van der Waals surface area contributed by atoms with E-state index in [4.69, 9.17) is 0 Å². The number of hydrogen-bond acceptors (Lipinski definition) is 5. The van der Waals surface area contributed by atoms with Crippen LogP contribution in [0.15, 0.2) is 30.0 Å². The summed E-state index contributed by atoms with van der Waals surface area (Å²) >= 11 is 0. The van der Waals surface area contributed by atoms with Crippen molar-refractivity contribution >= 4 is 11.8 Å². The van der Waals surface area contributed by atoms with Crippen LogP contribution in [0, 0.1) is 5.82 Å². The average molecular weight is 336 g/mol. The first-order chi connectivity index (χ1) is 10.6. The summed E-state index contributed by atoms with van der Waals surface area (Å²) in [5.41, 5.74) is -0.452. The number of aliphatic hydroxyl groups is 1. The molecule has 0 aromatic heterocycles. The molecule has 0 saturated heterocycles. The second kappa shape index (κ2) is 7.61. The van der Waals surface area contributed by atoms with Gasteiger partial charge in [-0.1, -0.05) is 0 Å². The van der Waals surface area contributed by atoms with Crippen LogP contribution in [0.2, 0.25) is 0 Å². The van der Waals surface area contributed by atoms with Crippen LogP contribution < -0.4 is 4.74 Å². The fourth-order valence-corrected chi connectivity index (χ4v) is 1.44. The van der Waals surface area contributed by atoms with Crippen molar-refractivity contribution in [2.45, 2.75) is 13.1 Å². The normalized spacial score (nSPS) is 12.0. The summed E-state index contributed by atoms with van der Waals surface area (Å²) in [4.78, 5) is 23.1. The van der Waals surface area contributed by atoms with Crippen molar-refractivity contribution in [3.8, 4) is 5.75 Å². The van der Waals surface area contributed by atoms with Crippen molar-refractivity contribution in [3.05, 3.63) is 41.4 Å². The van der Waals surface area contributed by atoms with E-state index in [0.29, 0.717) is 12.1 Å². The van der Waals surface area contributed by atoms with Crippen LogP contribution in [0.5, 0.6) is 5.75 Å². The Morgan fingerprint density at radius 3 is 2.52 bits per heavy atom. The van der Waals surface area contributed by atoms with Gasteiger partial charge in [-0.25, -0.2) is 9.18 Å². The highest BCUT2D eigenvalue weighted by Crippen LogP contribution is 2.24. The molecule has 0 radical (unpaired) electrons. The van der Waals surface area contributed by atoms with Crippen LogP contribution in [0.4, 0.5) is 17.6 Å². The van der Waals surface area contributed by atoms with Crippen molar-refractivity contribution in [2.24, 2.45) is 0 Å². The minimum absolute atomic E-state index is 0.0542. The number of allylic oxidation sites excluding steroid dienone is 1. The summed E-state index contributed by atoms with van der Waals surface area (Å²) in [6, 6.07) is 2.29. The van der Waals surface area contributed by atoms with Crippen molar-refractivity contribution in [2.75, 3.05) is 13.2 Å². The topological polar surface area (TPSA) is 72.8 Å². The van der Waals surface area contributed by atoms with Crippen molar-refractivity contribution < 1.29 is 41.7 Å². The summed E-state index contributed by atoms with van der Waals surface area (Å²) < 4.78 is 58.4. The van der Waals surface area contributed by atoms with E-state index in [2.05, 4.69) is 9.47 Å². The fraction of sp³-hybridized carbons (Fsp3) is 0.286. The van der Waals surface area contributed by atoms with Gasteiger partial charge in [0.15, 0.2) is 12.4 Å². The van der Waals surface area contributed by atoms with E-state index >= 15 is 0 Å². The van der Waals surface area contributed by atoms with Gasteiger partial charge in [-0.3, -0.25) is 4.79 Å². The van der Waals surface area contributed by atoms with Crippen LogP contribution in [-0.4, -0.2) is 36.2 Å². The zero-order chi connectivity index (χ0) is 17.6. The minimum Gasteiger partial charge on any atom is -0.502 e. The molecule has 0 unspecified atom stereocenters. The molecule has 9 heteroatoms. The number of rotatable bonds is 6. The van der Waals surface area contributed by atoms with Gasteiger partial charge >= 0.3 is 12.1 Å². The van der Waals surface area contributed by atoms with E-state index in [1.807, 2.05) is 0 Å².